The first kappa shape index (κ1) is 13.5. The predicted octanol–water partition coefficient (Wildman–Crippen LogP) is 0.776. The Hall–Kier alpha value is -2.45. The molecule has 0 spiro atoms. The van der Waals surface area contributed by atoms with Crippen LogP contribution in [0.3, 0.4) is 0 Å². The first-order valence-electron chi connectivity index (χ1n) is 6.23. The maximum absolute atomic E-state index is 11.7. The summed E-state index contributed by atoms with van der Waals surface area (Å²) >= 11 is 1.48. The van der Waals surface area contributed by atoms with E-state index >= 15 is 0 Å². The van der Waals surface area contributed by atoms with E-state index in [1.165, 1.54) is 11.3 Å². The molecule has 0 saturated carbocycles. The molecule has 3 aromatic rings. The highest BCUT2D eigenvalue weighted by Gasteiger charge is 2.15. The molecule has 0 fully saturated rings. The summed E-state index contributed by atoms with van der Waals surface area (Å²) in [6.45, 7) is 0.0422. The second-order valence-corrected chi connectivity index (χ2v) is 5.55. The third-order valence-corrected chi connectivity index (χ3v) is 4.16. The lowest BCUT2D eigenvalue weighted by atomic mass is 10.2. The zero-order valence-corrected chi connectivity index (χ0v) is 11.6. The number of aromatic amines is 2. The fourth-order valence-electron chi connectivity index (χ4n) is 1.92. The van der Waals surface area contributed by atoms with Gasteiger partial charge in [0.05, 0.1) is 0 Å². The average molecular weight is 304 g/mol. The molecule has 1 atom stereocenters. The minimum absolute atomic E-state index is 0.0422. The number of nitrogens with zero attached hydrogens (tertiary/aromatic N) is 1. The number of carbonyl (C=O) groups is 1. The molecule has 7 nitrogen and oxygen atoms in total. The van der Waals surface area contributed by atoms with Crippen LogP contribution < -0.4 is 11.0 Å². The molecule has 0 radical (unpaired) electrons. The molecule has 1 amide bonds. The molecule has 2 heterocycles. The van der Waals surface area contributed by atoms with Crippen molar-refractivity contribution in [1.82, 2.24) is 20.5 Å². The van der Waals surface area contributed by atoms with E-state index in [0.717, 1.165) is 15.0 Å². The van der Waals surface area contributed by atoms with Crippen molar-refractivity contribution >= 4 is 27.3 Å². The van der Waals surface area contributed by atoms with E-state index < -0.39 is 17.7 Å². The number of aliphatic hydroxyl groups excluding tert-OH is 1. The second kappa shape index (κ2) is 5.51. The van der Waals surface area contributed by atoms with E-state index in [1.807, 2.05) is 30.3 Å². The molecule has 0 saturated heterocycles. The number of fused-ring (bicyclic) bond motifs is 1. The molecule has 1 aromatic carbocycles. The van der Waals surface area contributed by atoms with Crippen LogP contribution in [0.1, 0.15) is 21.6 Å². The third kappa shape index (κ3) is 2.86. The molecule has 21 heavy (non-hydrogen) atoms. The molecular weight excluding hydrogens is 292 g/mol. The van der Waals surface area contributed by atoms with Gasteiger partial charge in [-0.1, -0.05) is 18.2 Å². The van der Waals surface area contributed by atoms with E-state index in [2.05, 4.69) is 20.5 Å². The van der Waals surface area contributed by atoms with E-state index in [4.69, 9.17) is 0 Å². The molecule has 0 aliphatic heterocycles. The summed E-state index contributed by atoms with van der Waals surface area (Å²) in [6, 6.07) is 9.71. The minimum atomic E-state index is -0.808. The summed E-state index contributed by atoms with van der Waals surface area (Å²) in [4.78, 5) is 25.6. The van der Waals surface area contributed by atoms with Crippen molar-refractivity contribution in [3.8, 4) is 0 Å². The van der Waals surface area contributed by atoms with E-state index in [9.17, 15) is 14.7 Å². The van der Waals surface area contributed by atoms with Crippen LogP contribution in [0.25, 0.3) is 10.1 Å². The van der Waals surface area contributed by atoms with Gasteiger partial charge in [-0.15, -0.1) is 16.4 Å². The van der Waals surface area contributed by atoms with Crippen LogP contribution in [0.2, 0.25) is 0 Å². The monoisotopic (exact) mass is 304 g/mol. The number of nitrogens with one attached hydrogen (secondary N) is 3. The largest absolute Gasteiger partial charge is 0.386 e. The zero-order chi connectivity index (χ0) is 14.8. The van der Waals surface area contributed by atoms with Gasteiger partial charge in [0.25, 0.3) is 5.91 Å². The Balaban J connectivity index is 1.67. The Labute approximate surface area is 122 Å². The van der Waals surface area contributed by atoms with Crippen LogP contribution in [-0.4, -0.2) is 32.7 Å². The number of carbonyl (C=O) groups excluding carboxylic acids is 1. The lowest BCUT2D eigenvalue weighted by Gasteiger charge is -2.08. The Kier molecular flexibility index (Phi) is 3.55. The molecule has 8 heteroatoms. The smallest absolute Gasteiger partial charge is 0.341 e. The number of hydrogen-bond acceptors (Lipinski definition) is 5. The van der Waals surface area contributed by atoms with Gasteiger partial charge in [0.1, 0.15) is 6.10 Å². The van der Waals surface area contributed by atoms with Gasteiger partial charge in [-0.2, -0.15) is 0 Å². The van der Waals surface area contributed by atoms with Crippen molar-refractivity contribution in [3.63, 3.8) is 0 Å². The molecule has 0 aliphatic carbocycles. The Morgan fingerprint density at radius 3 is 2.95 bits per heavy atom. The highest BCUT2D eigenvalue weighted by Crippen LogP contribution is 2.29. The number of H-pyrrole nitrogens is 2. The molecule has 4 N–H and O–H groups in total. The lowest BCUT2D eigenvalue weighted by Crippen LogP contribution is -2.29. The van der Waals surface area contributed by atoms with Crippen LogP contribution in [0.4, 0.5) is 0 Å². The fourth-order valence-corrected chi connectivity index (χ4v) is 2.97. The second-order valence-electron chi connectivity index (χ2n) is 4.44. The first-order valence-corrected chi connectivity index (χ1v) is 7.04. The number of rotatable bonds is 4. The zero-order valence-electron chi connectivity index (χ0n) is 10.8. The van der Waals surface area contributed by atoms with Gasteiger partial charge in [0.2, 0.25) is 5.82 Å². The highest BCUT2D eigenvalue weighted by atomic mass is 32.1. The first-order chi connectivity index (χ1) is 10.1. The molecular formula is C13H12N4O3S. The third-order valence-electron chi connectivity index (χ3n) is 2.95. The van der Waals surface area contributed by atoms with Gasteiger partial charge >= 0.3 is 5.69 Å². The summed E-state index contributed by atoms with van der Waals surface area (Å²) in [7, 11) is 0. The van der Waals surface area contributed by atoms with Crippen LogP contribution in [0.5, 0.6) is 0 Å². The molecule has 0 aliphatic rings. The standard InChI is InChI=1S/C13H12N4O3S/c18-8(6-14-12(19)11-15-13(20)17-16-11)10-5-7-3-1-2-4-9(7)21-10/h1-5,8,18H,6H2,(H,14,19)(H2,15,16,17,20). The van der Waals surface area contributed by atoms with Crippen LogP contribution in [-0.2, 0) is 0 Å². The topological polar surface area (TPSA) is 111 Å². The Bertz CT molecular complexity index is 802. The minimum Gasteiger partial charge on any atom is -0.386 e. The number of amides is 1. The van der Waals surface area contributed by atoms with Gasteiger partial charge in [-0.3, -0.25) is 9.78 Å². The Morgan fingerprint density at radius 1 is 1.43 bits per heavy atom. The average Bonchev–Trinajstić information content (AvgIpc) is 3.10. The quantitative estimate of drug-likeness (QED) is 0.570. The van der Waals surface area contributed by atoms with Crippen LogP contribution in [0.15, 0.2) is 35.1 Å². The fraction of sp³-hybridized carbons (Fsp3) is 0.154. The molecule has 2 aromatic heterocycles. The number of aromatic nitrogens is 3. The molecule has 1 unspecified atom stereocenters. The van der Waals surface area contributed by atoms with Crippen molar-refractivity contribution < 1.29 is 9.90 Å². The number of benzene rings is 1. The molecule has 3 rings (SSSR count). The Morgan fingerprint density at radius 2 is 2.24 bits per heavy atom. The van der Waals surface area contributed by atoms with Gasteiger partial charge in [0.15, 0.2) is 0 Å². The maximum Gasteiger partial charge on any atom is 0.341 e. The molecule has 108 valence electrons. The van der Waals surface area contributed by atoms with Crippen LogP contribution >= 0.6 is 11.3 Å². The van der Waals surface area contributed by atoms with Crippen molar-refractivity contribution in [2.24, 2.45) is 0 Å². The van der Waals surface area contributed by atoms with E-state index in [0.29, 0.717) is 0 Å². The van der Waals surface area contributed by atoms with E-state index in [1.54, 1.807) is 0 Å². The van der Waals surface area contributed by atoms with Gasteiger partial charge in [0, 0.05) is 16.1 Å². The van der Waals surface area contributed by atoms with Crippen molar-refractivity contribution in [1.29, 1.82) is 0 Å². The number of hydrogen-bond donors (Lipinski definition) is 4. The number of thiophene rings is 1. The lowest BCUT2D eigenvalue weighted by molar-refractivity contribution is 0.0908. The summed E-state index contributed by atoms with van der Waals surface area (Å²) < 4.78 is 1.08. The van der Waals surface area contributed by atoms with Crippen molar-refractivity contribution in [3.05, 3.63) is 51.5 Å². The molecule has 0 bridgehead atoms. The number of aliphatic hydroxyl groups is 1. The summed E-state index contributed by atoms with van der Waals surface area (Å²) in [5.74, 6) is -0.656. The normalized spacial score (nSPS) is 12.4. The van der Waals surface area contributed by atoms with E-state index in [-0.39, 0.29) is 12.4 Å². The van der Waals surface area contributed by atoms with Crippen molar-refractivity contribution in [2.75, 3.05) is 6.54 Å². The van der Waals surface area contributed by atoms with Crippen molar-refractivity contribution in [2.45, 2.75) is 6.10 Å². The van der Waals surface area contributed by atoms with Gasteiger partial charge in [-0.05, 0) is 17.5 Å². The summed E-state index contributed by atoms with van der Waals surface area (Å²) in [6.07, 6.45) is -0.808. The SMILES string of the molecule is O=C(NCC(O)c1cc2ccccc2s1)c1n[nH]c(=O)[nH]1. The maximum atomic E-state index is 11.7. The van der Waals surface area contributed by atoms with Crippen LogP contribution in [0, 0.1) is 0 Å². The highest BCUT2D eigenvalue weighted by molar-refractivity contribution is 7.19. The summed E-state index contributed by atoms with van der Waals surface area (Å²) in [5, 5.41) is 19.3. The predicted molar refractivity (Wildman–Crippen MR) is 78.3 cm³/mol. The van der Waals surface area contributed by atoms with Gasteiger partial charge in [-0.25, -0.2) is 9.89 Å². The summed E-state index contributed by atoms with van der Waals surface area (Å²) in [5.41, 5.74) is -0.551. The van der Waals surface area contributed by atoms with Gasteiger partial charge < -0.3 is 10.4 Å².